The normalized spacial score (nSPS) is 15.2. The van der Waals surface area contributed by atoms with Gasteiger partial charge >= 0.3 is 12.3 Å². The quantitative estimate of drug-likeness (QED) is 0.325. The molecule has 8 nitrogen and oxygen atoms in total. The first-order chi connectivity index (χ1) is 13.8. The molecule has 0 atom stereocenters. The van der Waals surface area contributed by atoms with E-state index in [2.05, 4.69) is 25.3 Å². The van der Waals surface area contributed by atoms with Gasteiger partial charge in [0.2, 0.25) is 5.88 Å². The standard InChI is InChI=1S/C18H26F3N5O3.HI/c1-3-28-17(27)26-8-6-14(7-9-26)25-16(22-2)24-11-13-4-5-15(23-10-13)29-12-18(19,20)21;/h4-5,10,14H,3,6-9,11-12H2,1-2H3,(H2,22,24,25);1H. The SMILES string of the molecule is CCOC(=O)N1CCC(NC(=NC)NCc2ccc(OCC(F)(F)F)nc2)CC1.I. The number of likely N-dealkylation sites (tertiary alicyclic amines) is 1. The van der Waals surface area contributed by atoms with E-state index in [4.69, 9.17) is 4.74 Å². The number of piperidine rings is 1. The number of amides is 1. The molecule has 0 aromatic carbocycles. The number of rotatable bonds is 6. The van der Waals surface area contributed by atoms with Crippen molar-refractivity contribution < 1.29 is 27.4 Å². The average molecular weight is 545 g/mol. The molecule has 1 fully saturated rings. The van der Waals surface area contributed by atoms with Gasteiger partial charge in [-0.05, 0) is 25.3 Å². The molecule has 12 heteroatoms. The Hall–Kier alpha value is -1.99. The molecule has 1 aliphatic rings. The van der Waals surface area contributed by atoms with Crippen LogP contribution >= 0.6 is 24.0 Å². The van der Waals surface area contributed by atoms with Crippen molar-refractivity contribution >= 4 is 36.0 Å². The number of alkyl halides is 3. The van der Waals surface area contributed by atoms with Gasteiger partial charge < -0.3 is 25.0 Å². The Bertz CT molecular complexity index is 681. The van der Waals surface area contributed by atoms with Gasteiger partial charge in [0.15, 0.2) is 12.6 Å². The lowest BCUT2D eigenvalue weighted by Gasteiger charge is -2.32. The summed E-state index contributed by atoms with van der Waals surface area (Å²) in [5.41, 5.74) is 0.768. The number of pyridine rings is 1. The second kappa shape index (κ2) is 12.6. The number of ether oxygens (including phenoxy) is 2. The third kappa shape index (κ3) is 9.22. The summed E-state index contributed by atoms with van der Waals surface area (Å²) in [6, 6.07) is 3.20. The largest absolute Gasteiger partial charge is 0.468 e. The minimum absolute atomic E-state index is 0. The fourth-order valence-electron chi connectivity index (χ4n) is 2.75. The molecule has 1 aromatic heterocycles. The van der Waals surface area contributed by atoms with E-state index in [0.29, 0.717) is 32.2 Å². The first-order valence-corrected chi connectivity index (χ1v) is 9.34. The molecule has 30 heavy (non-hydrogen) atoms. The van der Waals surface area contributed by atoms with Gasteiger partial charge in [0.05, 0.1) is 6.61 Å². The molecule has 2 N–H and O–H groups in total. The van der Waals surface area contributed by atoms with E-state index in [-0.39, 0.29) is 42.0 Å². The summed E-state index contributed by atoms with van der Waals surface area (Å²) in [7, 11) is 1.65. The minimum Gasteiger partial charge on any atom is -0.468 e. The maximum Gasteiger partial charge on any atom is 0.422 e. The molecule has 0 spiro atoms. The summed E-state index contributed by atoms with van der Waals surface area (Å²) in [5.74, 6) is 0.513. The highest BCUT2D eigenvalue weighted by molar-refractivity contribution is 14.0. The molecule has 170 valence electrons. The second-order valence-corrected chi connectivity index (χ2v) is 6.44. The van der Waals surface area contributed by atoms with Crippen LogP contribution in [0.15, 0.2) is 23.3 Å². The van der Waals surface area contributed by atoms with E-state index in [9.17, 15) is 18.0 Å². The van der Waals surface area contributed by atoms with Crippen molar-refractivity contribution in [2.45, 2.75) is 38.5 Å². The Labute approximate surface area is 190 Å². The van der Waals surface area contributed by atoms with Gasteiger partial charge in [-0.1, -0.05) is 6.07 Å². The van der Waals surface area contributed by atoms with E-state index >= 15 is 0 Å². The van der Waals surface area contributed by atoms with Gasteiger partial charge in [-0.2, -0.15) is 13.2 Å². The summed E-state index contributed by atoms with van der Waals surface area (Å²) in [5, 5.41) is 6.44. The number of nitrogens with zero attached hydrogens (tertiary/aromatic N) is 3. The van der Waals surface area contributed by atoms with Crippen LogP contribution in [0.3, 0.4) is 0 Å². The Morgan fingerprint density at radius 2 is 2.03 bits per heavy atom. The molecule has 1 aromatic rings. The van der Waals surface area contributed by atoms with Gasteiger partial charge in [-0.25, -0.2) is 9.78 Å². The van der Waals surface area contributed by atoms with Crippen LogP contribution in [-0.2, 0) is 11.3 Å². The Balaban J connectivity index is 0.00000450. The van der Waals surface area contributed by atoms with Crippen molar-refractivity contribution in [2.24, 2.45) is 4.99 Å². The minimum atomic E-state index is -4.40. The number of nitrogens with one attached hydrogen (secondary N) is 2. The number of carbonyl (C=O) groups excluding carboxylic acids is 1. The number of halogens is 4. The number of aliphatic imine (C=N–C) groups is 1. The average Bonchev–Trinajstić information content (AvgIpc) is 2.70. The molecule has 0 unspecified atom stereocenters. The summed E-state index contributed by atoms with van der Waals surface area (Å²) in [4.78, 5) is 21.5. The van der Waals surface area contributed by atoms with E-state index in [1.54, 1.807) is 24.9 Å². The van der Waals surface area contributed by atoms with Gasteiger partial charge in [-0.15, -0.1) is 24.0 Å². The molecular weight excluding hydrogens is 518 g/mol. The van der Waals surface area contributed by atoms with Crippen LogP contribution in [0.5, 0.6) is 5.88 Å². The van der Waals surface area contributed by atoms with Gasteiger partial charge in [0.25, 0.3) is 0 Å². The summed E-state index contributed by atoms with van der Waals surface area (Å²) in [6.07, 6.45) is -1.70. The van der Waals surface area contributed by atoms with Crippen molar-refractivity contribution in [3.05, 3.63) is 23.9 Å². The molecule has 0 bridgehead atoms. The molecule has 0 saturated carbocycles. The van der Waals surface area contributed by atoms with E-state index in [0.717, 1.165) is 18.4 Å². The van der Waals surface area contributed by atoms with E-state index in [1.165, 1.54) is 12.3 Å². The van der Waals surface area contributed by atoms with Gasteiger partial charge in [-0.3, -0.25) is 4.99 Å². The Kier molecular flexibility index (Phi) is 11.0. The highest BCUT2D eigenvalue weighted by Crippen LogP contribution is 2.17. The van der Waals surface area contributed by atoms with Crippen molar-refractivity contribution in [1.82, 2.24) is 20.5 Å². The van der Waals surface area contributed by atoms with Crippen LogP contribution in [0.1, 0.15) is 25.3 Å². The maximum absolute atomic E-state index is 12.1. The number of guanidine groups is 1. The van der Waals surface area contributed by atoms with Crippen LogP contribution in [0.4, 0.5) is 18.0 Å². The fraction of sp³-hybridized carbons (Fsp3) is 0.611. The van der Waals surface area contributed by atoms with Crippen molar-refractivity contribution in [3.63, 3.8) is 0 Å². The highest BCUT2D eigenvalue weighted by atomic mass is 127. The molecule has 0 aliphatic carbocycles. The zero-order valence-corrected chi connectivity index (χ0v) is 19.2. The molecule has 1 aliphatic heterocycles. The van der Waals surface area contributed by atoms with Crippen molar-refractivity contribution in [3.8, 4) is 5.88 Å². The van der Waals surface area contributed by atoms with Crippen LogP contribution in [0.25, 0.3) is 0 Å². The lowest BCUT2D eigenvalue weighted by molar-refractivity contribution is -0.154. The van der Waals surface area contributed by atoms with Gasteiger partial charge in [0, 0.05) is 45.0 Å². The number of aromatic nitrogens is 1. The molecule has 2 rings (SSSR count). The lowest BCUT2D eigenvalue weighted by atomic mass is 10.1. The van der Waals surface area contributed by atoms with Crippen LogP contribution in [0, 0.1) is 0 Å². The van der Waals surface area contributed by atoms with Crippen molar-refractivity contribution in [2.75, 3.05) is 33.4 Å². The molecule has 1 amide bonds. The van der Waals surface area contributed by atoms with E-state index < -0.39 is 12.8 Å². The monoisotopic (exact) mass is 545 g/mol. The first-order valence-electron chi connectivity index (χ1n) is 9.34. The predicted molar refractivity (Wildman–Crippen MR) is 116 cm³/mol. The Morgan fingerprint density at radius 1 is 1.33 bits per heavy atom. The topological polar surface area (TPSA) is 88.1 Å². The van der Waals surface area contributed by atoms with Crippen LogP contribution in [-0.4, -0.2) is 67.5 Å². The zero-order valence-electron chi connectivity index (χ0n) is 16.9. The summed E-state index contributed by atoms with van der Waals surface area (Å²) >= 11 is 0. The molecule has 0 radical (unpaired) electrons. The summed E-state index contributed by atoms with van der Waals surface area (Å²) < 4.78 is 46.0. The second-order valence-electron chi connectivity index (χ2n) is 6.44. The number of hydrogen-bond acceptors (Lipinski definition) is 5. The van der Waals surface area contributed by atoms with Crippen molar-refractivity contribution in [1.29, 1.82) is 0 Å². The molecule has 1 saturated heterocycles. The zero-order chi connectivity index (χ0) is 21.3. The molecule has 2 heterocycles. The third-order valence-corrected chi connectivity index (χ3v) is 4.23. The number of hydrogen-bond donors (Lipinski definition) is 2. The number of carbonyl (C=O) groups is 1. The first kappa shape index (κ1) is 26.0. The third-order valence-electron chi connectivity index (χ3n) is 4.23. The smallest absolute Gasteiger partial charge is 0.422 e. The summed E-state index contributed by atoms with van der Waals surface area (Å²) in [6.45, 7) is 2.38. The van der Waals surface area contributed by atoms with Crippen LogP contribution < -0.4 is 15.4 Å². The van der Waals surface area contributed by atoms with E-state index in [1.807, 2.05) is 0 Å². The maximum atomic E-state index is 12.1. The highest BCUT2D eigenvalue weighted by Gasteiger charge is 2.28. The fourth-order valence-corrected chi connectivity index (χ4v) is 2.75. The van der Waals surface area contributed by atoms with Gasteiger partial charge in [0.1, 0.15) is 0 Å². The molecular formula is C18H27F3IN5O3. The Morgan fingerprint density at radius 3 is 2.57 bits per heavy atom. The lowest BCUT2D eigenvalue weighted by Crippen LogP contribution is -2.49. The van der Waals surface area contributed by atoms with Crippen LogP contribution in [0.2, 0.25) is 0 Å². The predicted octanol–water partition coefficient (Wildman–Crippen LogP) is 2.93.